The zero-order chi connectivity index (χ0) is 13.7. The summed E-state index contributed by atoms with van der Waals surface area (Å²) in [5, 5.41) is 6.89. The second-order valence-electron chi connectivity index (χ2n) is 4.26. The van der Waals surface area contributed by atoms with Crippen molar-refractivity contribution >= 4 is 28.8 Å². The average Bonchev–Trinajstić information content (AvgIpc) is 2.42. The van der Waals surface area contributed by atoms with Crippen LogP contribution in [0.25, 0.3) is 0 Å². The van der Waals surface area contributed by atoms with E-state index in [0.717, 1.165) is 23.5 Å². The first-order valence-corrected chi connectivity index (χ1v) is 6.69. The van der Waals surface area contributed by atoms with E-state index in [1.54, 1.807) is 6.20 Å². The van der Waals surface area contributed by atoms with Crippen molar-refractivity contribution < 1.29 is 0 Å². The summed E-state index contributed by atoms with van der Waals surface area (Å²) >= 11 is 5.32. The Bertz CT molecular complexity index is 581. The average molecular weight is 271 g/mol. The van der Waals surface area contributed by atoms with Crippen LogP contribution in [0.5, 0.6) is 0 Å². The normalized spacial score (nSPS) is 10.0. The van der Waals surface area contributed by atoms with E-state index in [-0.39, 0.29) is 0 Å². The highest BCUT2D eigenvalue weighted by Crippen LogP contribution is 2.16. The van der Waals surface area contributed by atoms with Gasteiger partial charge in [-0.15, -0.1) is 0 Å². The number of pyridine rings is 1. The molecule has 0 radical (unpaired) electrons. The molecule has 3 nitrogen and oxygen atoms in total. The molecule has 1 aromatic carbocycles. The summed E-state index contributed by atoms with van der Waals surface area (Å²) in [7, 11) is 0. The maximum Gasteiger partial charge on any atom is 0.176 e. The van der Waals surface area contributed by atoms with E-state index in [4.69, 9.17) is 12.2 Å². The number of hydrogen-bond donors (Lipinski definition) is 2. The molecule has 0 aliphatic heterocycles. The summed E-state index contributed by atoms with van der Waals surface area (Å²) in [4.78, 5) is 4.26. The summed E-state index contributed by atoms with van der Waals surface area (Å²) in [6.07, 6.45) is 2.71. The molecule has 0 aliphatic rings. The molecule has 4 heteroatoms. The summed E-state index contributed by atoms with van der Waals surface area (Å²) in [5.74, 6) is 0.786. The molecular formula is C15H17N3S. The third kappa shape index (κ3) is 3.51. The maximum atomic E-state index is 5.32. The van der Waals surface area contributed by atoms with E-state index in [9.17, 15) is 0 Å². The predicted molar refractivity (Wildman–Crippen MR) is 84.6 cm³/mol. The van der Waals surface area contributed by atoms with Gasteiger partial charge in [-0.05, 0) is 48.8 Å². The molecule has 1 heterocycles. The number of nitrogens with one attached hydrogen (secondary N) is 2. The lowest BCUT2D eigenvalue weighted by molar-refractivity contribution is 1.14. The van der Waals surface area contributed by atoms with Crippen LogP contribution in [0, 0.1) is 6.92 Å². The molecule has 0 saturated heterocycles. The van der Waals surface area contributed by atoms with Gasteiger partial charge in [0.1, 0.15) is 5.82 Å². The third-order valence-electron chi connectivity index (χ3n) is 2.89. The molecule has 1 aromatic heterocycles. The summed E-state index contributed by atoms with van der Waals surface area (Å²) in [5.41, 5.74) is 3.34. The predicted octanol–water partition coefficient (Wildman–Crippen LogP) is 3.76. The van der Waals surface area contributed by atoms with Gasteiger partial charge in [-0.1, -0.05) is 31.2 Å². The SMILES string of the molecule is CCc1ccccc1NC(=S)Nc1ncccc1C. The molecule has 2 aromatic rings. The van der Waals surface area contributed by atoms with Crippen molar-refractivity contribution in [3.05, 3.63) is 53.7 Å². The van der Waals surface area contributed by atoms with Gasteiger partial charge in [-0.2, -0.15) is 0 Å². The Hall–Kier alpha value is -1.94. The first-order valence-electron chi connectivity index (χ1n) is 6.28. The largest absolute Gasteiger partial charge is 0.332 e. The van der Waals surface area contributed by atoms with Gasteiger partial charge in [0, 0.05) is 11.9 Å². The standard InChI is InChI=1S/C15H17N3S/c1-3-12-8-4-5-9-13(12)17-15(19)18-14-11(2)7-6-10-16-14/h4-10H,3H2,1-2H3,(H2,16,17,18,19). The van der Waals surface area contributed by atoms with Gasteiger partial charge in [-0.25, -0.2) is 4.98 Å². The van der Waals surface area contributed by atoms with Crippen LogP contribution in [0.3, 0.4) is 0 Å². The van der Waals surface area contributed by atoms with Gasteiger partial charge in [0.2, 0.25) is 0 Å². The molecule has 0 bridgehead atoms. The van der Waals surface area contributed by atoms with Gasteiger partial charge in [0.05, 0.1) is 0 Å². The Morgan fingerprint density at radius 1 is 1.16 bits per heavy atom. The highest BCUT2D eigenvalue weighted by atomic mass is 32.1. The van der Waals surface area contributed by atoms with Crippen molar-refractivity contribution in [3.8, 4) is 0 Å². The molecule has 19 heavy (non-hydrogen) atoms. The fourth-order valence-electron chi connectivity index (χ4n) is 1.83. The fourth-order valence-corrected chi connectivity index (χ4v) is 2.03. The van der Waals surface area contributed by atoms with Crippen molar-refractivity contribution in [1.82, 2.24) is 4.98 Å². The van der Waals surface area contributed by atoms with Gasteiger partial charge in [0.15, 0.2) is 5.11 Å². The number of aryl methyl sites for hydroxylation is 2. The molecule has 0 unspecified atom stereocenters. The minimum Gasteiger partial charge on any atom is -0.332 e. The topological polar surface area (TPSA) is 37.0 Å². The lowest BCUT2D eigenvalue weighted by Gasteiger charge is -2.13. The monoisotopic (exact) mass is 271 g/mol. The number of hydrogen-bond acceptors (Lipinski definition) is 2. The second-order valence-corrected chi connectivity index (χ2v) is 4.67. The minimum absolute atomic E-state index is 0.558. The van der Waals surface area contributed by atoms with Crippen LogP contribution in [0.15, 0.2) is 42.6 Å². The van der Waals surface area contributed by atoms with Crippen LogP contribution >= 0.6 is 12.2 Å². The molecule has 0 saturated carbocycles. The van der Waals surface area contributed by atoms with Gasteiger partial charge in [0.25, 0.3) is 0 Å². The molecule has 0 aliphatic carbocycles. The number of aromatic nitrogens is 1. The van der Waals surface area contributed by atoms with E-state index in [1.165, 1.54) is 5.56 Å². The van der Waals surface area contributed by atoms with Crippen LogP contribution in [0.4, 0.5) is 11.5 Å². The van der Waals surface area contributed by atoms with E-state index < -0.39 is 0 Å². The molecule has 2 rings (SSSR count). The molecule has 0 amide bonds. The quantitative estimate of drug-likeness (QED) is 0.833. The Balaban J connectivity index is 2.08. The minimum atomic E-state index is 0.558. The molecule has 2 N–H and O–H groups in total. The number of para-hydroxylation sites is 1. The first-order chi connectivity index (χ1) is 9.20. The zero-order valence-corrected chi connectivity index (χ0v) is 11.9. The third-order valence-corrected chi connectivity index (χ3v) is 3.09. The van der Waals surface area contributed by atoms with Crippen molar-refractivity contribution in [2.75, 3.05) is 10.6 Å². The lowest BCUT2D eigenvalue weighted by Crippen LogP contribution is -2.21. The molecule has 0 atom stereocenters. The summed E-state index contributed by atoms with van der Waals surface area (Å²) in [6.45, 7) is 4.12. The summed E-state index contributed by atoms with van der Waals surface area (Å²) < 4.78 is 0. The highest BCUT2D eigenvalue weighted by molar-refractivity contribution is 7.80. The Labute approximate surface area is 119 Å². The maximum absolute atomic E-state index is 5.32. The Morgan fingerprint density at radius 2 is 1.95 bits per heavy atom. The van der Waals surface area contributed by atoms with Crippen molar-refractivity contribution in [1.29, 1.82) is 0 Å². The van der Waals surface area contributed by atoms with E-state index in [2.05, 4.69) is 28.6 Å². The second kappa shape index (κ2) is 6.29. The van der Waals surface area contributed by atoms with Gasteiger partial charge in [-0.3, -0.25) is 0 Å². The van der Waals surface area contributed by atoms with Crippen molar-refractivity contribution in [2.24, 2.45) is 0 Å². The van der Waals surface area contributed by atoms with Gasteiger partial charge >= 0.3 is 0 Å². The molecule has 0 spiro atoms. The van der Waals surface area contributed by atoms with Crippen LogP contribution in [0.2, 0.25) is 0 Å². The van der Waals surface area contributed by atoms with Crippen molar-refractivity contribution in [3.63, 3.8) is 0 Å². The number of nitrogens with zero attached hydrogens (tertiary/aromatic N) is 1. The molecular weight excluding hydrogens is 254 g/mol. The lowest BCUT2D eigenvalue weighted by atomic mass is 10.1. The molecule has 0 fully saturated rings. The summed E-state index contributed by atoms with van der Waals surface area (Å²) in [6, 6.07) is 12.1. The van der Waals surface area contributed by atoms with E-state index in [1.807, 2.05) is 37.3 Å². The Kier molecular flexibility index (Phi) is 4.47. The van der Waals surface area contributed by atoms with E-state index >= 15 is 0 Å². The van der Waals surface area contributed by atoms with Crippen LogP contribution < -0.4 is 10.6 Å². The highest BCUT2D eigenvalue weighted by Gasteiger charge is 2.04. The first kappa shape index (κ1) is 13.5. The van der Waals surface area contributed by atoms with E-state index in [0.29, 0.717) is 5.11 Å². The van der Waals surface area contributed by atoms with Crippen molar-refractivity contribution in [2.45, 2.75) is 20.3 Å². The Morgan fingerprint density at radius 3 is 2.68 bits per heavy atom. The van der Waals surface area contributed by atoms with Crippen LogP contribution in [0.1, 0.15) is 18.1 Å². The van der Waals surface area contributed by atoms with Crippen LogP contribution in [-0.2, 0) is 6.42 Å². The number of anilines is 2. The smallest absolute Gasteiger partial charge is 0.176 e. The number of thiocarbonyl (C=S) groups is 1. The van der Waals surface area contributed by atoms with Gasteiger partial charge < -0.3 is 10.6 Å². The molecule has 98 valence electrons. The number of rotatable bonds is 3. The fraction of sp³-hybridized carbons (Fsp3) is 0.200. The van der Waals surface area contributed by atoms with Crippen LogP contribution in [-0.4, -0.2) is 10.1 Å². The number of benzene rings is 1. The zero-order valence-electron chi connectivity index (χ0n) is 11.1.